The molecular weight excluding hydrogens is 941 g/mol. The molecule has 0 N–H and O–H groups in total. The van der Waals surface area contributed by atoms with Gasteiger partial charge in [-0.25, -0.2) is 0 Å². The first-order chi connectivity index (χ1) is 37.0. The summed E-state index contributed by atoms with van der Waals surface area (Å²) in [6.45, 7) is 0. The molecule has 7 nitrogen and oxygen atoms in total. The summed E-state index contributed by atoms with van der Waals surface area (Å²) in [6.07, 6.45) is 42.7. The third-order valence-electron chi connectivity index (χ3n) is 15.7. The fraction of sp³-hybridized carbons (Fsp3) is 0.261. The second kappa shape index (κ2) is 23.7. The van der Waals surface area contributed by atoms with E-state index in [0.717, 1.165) is 34.3 Å². The number of Topliss-reactive ketones (excluding diaryl/α,β-unsaturated/α-hetero) is 7. The Balaban J connectivity index is 0.876. The summed E-state index contributed by atoms with van der Waals surface area (Å²) in [6, 6.07) is 24.3. The molecule has 7 aliphatic carbocycles. The van der Waals surface area contributed by atoms with Gasteiger partial charge in [0.05, 0.1) is 0 Å². The molecule has 0 spiro atoms. The van der Waals surface area contributed by atoms with Crippen LogP contribution in [0.5, 0.6) is 0 Å². The summed E-state index contributed by atoms with van der Waals surface area (Å²) < 4.78 is 0. The quantitative estimate of drug-likeness (QED) is 0.116. The van der Waals surface area contributed by atoms with Crippen LogP contribution in [0.25, 0.3) is 0 Å². The summed E-state index contributed by atoms with van der Waals surface area (Å²) in [4.78, 5) is 98.3. The summed E-state index contributed by atoms with van der Waals surface area (Å²) in [5, 5.41) is 0. The first kappa shape index (κ1) is 51.5. The molecule has 76 heavy (non-hydrogen) atoms. The predicted octanol–water partition coefficient (Wildman–Crippen LogP) is 13.5. The van der Waals surface area contributed by atoms with Gasteiger partial charge < -0.3 is 0 Å². The molecule has 3 aromatic rings. The van der Waals surface area contributed by atoms with Crippen molar-refractivity contribution in [2.24, 2.45) is 35.5 Å². The van der Waals surface area contributed by atoms with Gasteiger partial charge in [-0.15, -0.1) is 0 Å². The van der Waals surface area contributed by atoms with E-state index in [1.165, 1.54) is 0 Å². The van der Waals surface area contributed by atoms with Gasteiger partial charge in [0.25, 0.3) is 0 Å². The molecular formula is C69H62O7. The average Bonchev–Trinajstić information content (AvgIpc) is 3.48. The summed E-state index contributed by atoms with van der Waals surface area (Å²) in [7, 11) is 0. The van der Waals surface area contributed by atoms with Crippen LogP contribution in [0.15, 0.2) is 233 Å². The molecule has 7 heteroatoms. The zero-order valence-corrected chi connectivity index (χ0v) is 42.8. The second-order valence-corrected chi connectivity index (χ2v) is 21.1. The highest BCUT2D eigenvalue weighted by atomic mass is 16.2. The number of benzene rings is 3. The molecule has 0 aromatic heterocycles. The van der Waals surface area contributed by atoms with Crippen LogP contribution in [0.3, 0.4) is 0 Å². The van der Waals surface area contributed by atoms with Gasteiger partial charge >= 0.3 is 0 Å². The van der Waals surface area contributed by atoms with E-state index in [2.05, 4.69) is 6.08 Å². The van der Waals surface area contributed by atoms with Crippen molar-refractivity contribution in [2.45, 2.75) is 77.0 Å². The van der Waals surface area contributed by atoms with Gasteiger partial charge in [0.1, 0.15) is 5.78 Å². The van der Waals surface area contributed by atoms with Crippen LogP contribution in [0.4, 0.5) is 0 Å². The fourth-order valence-electron chi connectivity index (χ4n) is 11.7. The van der Waals surface area contributed by atoms with Crippen molar-refractivity contribution in [3.05, 3.63) is 261 Å². The fourth-order valence-corrected chi connectivity index (χ4v) is 11.7. The maximum absolute atomic E-state index is 14.9. The van der Waals surface area contributed by atoms with Crippen LogP contribution in [0.1, 0.15) is 106 Å². The van der Waals surface area contributed by atoms with Gasteiger partial charge in [-0.1, -0.05) is 188 Å². The van der Waals surface area contributed by atoms with Crippen molar-refractivity contribution in [3.8, 4) is 0 Å². The lowest BCUT2D eigenvalue weighted by molar-refractivity contribution is -0.124. The largest absolute Gasteiger partial charge is 0.298 e. The lowest BCUT2D eigenvalue weighted by atomic mass is 9.75. The molecule has 7 aliphatic rings. The lowest BCUT2D eigenvalue weighted by Crippen LogP contribution is -2.28. The topological polar surface area (TPSA) is 119 Å². The predicted molar refractivity (Wildman–Crippen MR) is 298 cm³/mol. The Morgan fingerprint density at radius 3 is 1.93 bits per heavy atom. The molecule has 3 aromatic carbocycles. The van der Waals surface area contributed by atoms with Crippen LogP contribution in [-0.2, 0) is 32.0 Å². The van der Waals surface area contributed by atoms with Crippen molar-refractivity contribution in [1.29, 1.82) is 0 Å². The lowest BCUT2D eigenvalue weighted by Gasteiger charge is -2.27. The summed E-state index contributed by atoms with van der Waals surface area (Å²) in [5.41, 5.74) is 8.34. The minimum atomic E-state index is -0.599. The molecule has 0 saturated carbocycles. The monoisotopic (exact) mass is 1000 g/mol. The standard InChI is InChI=1S/C69H62O7/c70-63(49-19-4-1-5-20-49)52-25-10-16-45(36-52)34-46-17-11-27-54(37-46)68(75)61-39-48(35-47-18-12-26-53(38-47)66(73)57-30-13-28-55(41-57)64(71)50-21-6-2-7-22-50)40-62(44-61)69(76)60-33-15-32-59(43-60)67(74)58-31-14-29-56(42-58)65(72)51-23-8-3-9-24-51/h1-8,10-14,16-19,21-23,25-26,28,30-32,36-38,40,42,44,49,54,56-57,60-61H,9,15,20,24,27,29,33-35,39,41,43H2. The molecule has 0 aliphatic heterocycles. The number of carbonyl (C=O) groups excluding carboxylic acids is 7. The van der Waals surface area contributed by atoms with Crippen molar-refractivity contribution >= 4 is 40.5 Å². The smallest absolute Gasteiger partial charge is 0.189 e. The third kappa shape index (κ3) is 12.1. The highest BCUT2D eigenvalue weighted by molar-refractivity contribution is 6.13. The first-order valence-corrected chi connectivity index (χ1v) is 27.0. The van der Waals surface area contributed by atoms with Crippen LogP contribution >= 0.6 is 0 Å². The van der Waals surface area contributed by atoms with Crippen LogP contribution < -0.4 is 0 Å². The van der Waals surface area contributed by atoms with Gasteiger partial charge in [-0.3, -0.25) is 33.6 Å². The van der Waals surface area contributed by atoms with Gasteiger partial charge in [0.2, 0.25) is 0 Å². The van der Waals surface area contributed by atoms with E-state index in [1.54, 1.807) is 42.5 Å². The van der Waals surface area contributed by atoms with Crippen molar-refractivity contribution in [2.75, 3.05) is 0 Å². The third-order valence-corrected chi connectivity index (χ3v) is 15.7. The normalized spacial score (nSPS) is 23.7. The molecule has 10 rings (SSSR count). The SMILES string of the molecule is O=C(C1=CC(C(=O)C2=CC=CCC2)CC=C1)C1=CCCC(C(=O)C2=CC(C(=O)C3C=C(Cc4cccc(C(=O)C5C=CC=CC5)c4)C=CC3)CC(Cc3cccc(C(=O)C4C=CC=C(C(=O)c5ccccc5)C4)c3)=C2)C1. The number of ketones is 7. The number of allylic oxidation sites excluding steroid dienone is 26. The molecule has 380 valence electrons. The molecule has 0 saturated heterocycles. The summed E-state index contributed by atoms with van der Waals surface area (Å²) >= 11 is 0. The Morgan fingerprint density at radius 1 is 0.474 bits per heavy atom. The van der Waals surface area contributed by atoms with Gasteiger partial charge in [-0.05, 0) is 117 Å². The van der Waals surface area contributed by atoms with E-state index in [0.29, 0.717) is 103 Å². The molecule has 6 atom stereocenters. The number of hydrogen-bond acceptors (Lipinski definition) is 7. The van der Waals surface area contributed by atoms with E-state index in [9.17, 15) is 33.6 Å². The number of rotatable bonds is 18. The van der Waals surface area contributed by atoms with Gasteiger partial charge in [0.15, 0.2) is 34.7 Å². The van der Waals surface area contributed by atoms with Crippen LogP contribution in [0.2, 0.25) is 0 Å². The van der Waals surface area contributed by atoms with Crippen LogP contribution in [-0.4, -0.2) is 40.5 Å². The van der Waals surface area contributed by atoms with Gasteiger partial charge in [-0.2, -0.15) is 0 Å². The van der Waals surface area contributed by atoms with Crippen LogP contribution in [0, 0.1) is 35.5 Å². The Morgan fingerprint density at radius 2 is 1.17 bits per heavy atom. The average molecular weight is 1000 g/mol. The number of carbonyl (C=O) groups is 7. The van der Waals surface area contributed by atoms with Gasteiger partial charge in [0, 0.05) is 68.9 Å². The molecule has 0 amide bonds. The molecule has 0 fully saturated rings. The maximum Gasteiger partial charge on any atom is 0.189 e. The summed E-state index contributed by atoms with van der Waals surface area (Å²) in [5.74, 6) is -2.94. The van der Waals surface area contributed by atoms with E-state index >= 15 is 0 Å². The highest BCUT2D eigenvalue weighted by Gasteiger charge is 2.34. The van der Waals surface area contributed by atoms with E-state index < -0.39 is 29.6 Å². The van der Waals surface area contributed by atoms with E-state index in [1.807, 2.05) is 146 Å². The Kier molecular flexibility index (Phi) is 16.0. The molecule has 0 heterocycles. The minimum Gasteiger partial charge on any atom is -0.298 e. The zero-order chi connectivity index (χ0) is 52.5. The highest BCUT2D eigenvalue weighted by Crippen LogP contribution is 2.37. The minimum absolute atomic E-state index is 0.0142. The van der Waals surface area contributed by atoms with Crippen molar-refractivity contribution in [3.63, 3.8) is 0 Å². The van der Waals surface area contributed by atoms with E-state index in [-0.39, 0.29) is 52.8 Å². The second-order valence-electron chi connectivity index (χ2n) is 21.1. The Bertz CT molecular complexity index is 3310. The maximum atomic E-state index is 14.9. The Hall–Kier alpha value is -8.03. The Labute approximate surface area is 445 Å². The molecule has 0 radical (unpaired) electrons. The zero-order valence-electron chi connectivity index (χ0n) is 42.8. The van der Waals surface area contributed by atoms with Crippen molar-refractivity contribution < 1.29 is 33.6 Å². The number of hydrogen-bond donors (Lipinski definition) is 0. The van der Waals surface area contributed by atoms with E-state index in [4.69, 9.17) is 0 Å². The van der Waals surface area contributed by atoms with Crippen molar-refractivity contribution in [1.82, 2.24) is 0 Å². The molecule has 0 bridgehead atoms. The molecule has 6 unspecified atom stereocenters. The first-order valence-electron chi connectivity index (χ1n) is 27.0.